The van der Waals surface area contributed by atoms with Crippen molar-refractivity contribution in [3.05, 3.63) is 71.6 Å². The molecule has 1 aliphatic carbocycles. The Labute approximate surface area is 439 Å². The van der Waals surface area contributed by atoms with Gasteiger partial charge < -0.3 is 44.0 Å². The number of fused-ring (bicyclic) bond motifs is 2. The molecule has 21 heteroatoms. The molecule has 1 unspecified atom stereocenters. The minimum atomic E-state index is -4.89. The summed E-state index contributed by atoms with van der Waals surface area (Å²) in [5.74, 6) is -3.89. The Morgan fingerprint density at radius 2 is 1.45 bits per heavy atom. The first-order valence-corrected chi connectivity index (χ1v) is 27.8. The van der Waals surface area contributed by atoms with Crippen molar-refractivity contribution in [2.24, 2.45) is 0 Å². The number of nitrogens with one attached hydrogen (secondary N) is 2. The summed E-state index contributed by atoms with van der Waals surface area (Å²) in [6, 6.07) is 18.5. The molecular formula is C54H72N8O12S. The first kappa shape index (κ1) is 57.6. The molecule has 0 radical (unpaired) electrons. The number of hydroxylamine groups is 2. The van der Waals surface area contributed by atoms with E-state index >= 15 is 0 Å². The molecule has 0 aromatic heterocycles. The molecule has 0 saturated carbocycles. The van der Waals surface area contributed by atoms with Crippen LogP contribution in [0.3, 0.4) is 0 Å². The van der Waals surface area contributed by atoms with Crippen LogP contribution in [0.1, 0.15) is 102 Å². The van der Waals surface area contributed by atoms with Gasteiger partial charge in [-0.2, -0.15) is 0 Å². The second kappa shape index (κ2) is 27.2. The maximum atomic E-state index is 14.5. The molecule has 20 nitrogen and oxygen atoms in total. The molecule has 3 aliphatic heterocycles. The van der Waals surface area contributed by atoms with Gasteiger partial charge in [-0.05, 0) is 96.8 Å². The number of amides is 6. The van der Waals surface area contributed by atoms with Crippen molar-refractivity contribution in [3.63, 3.8) is 0 Å². The van der Waals surface area contributed by atoms with Crippen LogP contribution in [-0.4, -0.2) is 165 Å². The van der Waals surface area contributed by atoms with Crippen LogP contribution in [0, 0.1) is 0 Å². The lowest BCUT2D eigenvalue weighted by molar-refractivity contribution is -0.197. The van der Waals surface area contributed by atoms with Gasteiger partial charge >= 0.3 is 5.97 Å². The molecule has 1 atom stereocenters. The predicted molar refractivity (Wildman–Crippen MR) is 282 cm³/mol. The highest BCUT2D eigenvalue weighted by Crippen LogP contribution is 2.42. The van der Waals surface area contributed by atoms with Gasteiger partial charge in [-0.25, -0.2) is 17.8 Å². The Balaban J connectivity index is 0.968. The van der Waals surface area contributed by atoms with Gasteiger partial charge in [0.25, 0.3) is 17.7 Å². The van der Waals surface area contributed by atoms with Gasteiger partial charge in [0.2, 0.25) is 23.1 Å². The number of piperazine rings is 1. The second-order valence-electron chi connectivity index (χ2n) is 18.9. The van der Waals surface area contributed by atoms with E-state index in [0.717, 1.165) is 59.3 Å². The van der Waals surface area contributed by atoms with Crippen LogP contribution in [0.25, 0.3) is 33.4 Å². The van der Waals surface area contributed by atoms with Crippen molar-refractivity contribution < 1.29 is 55.8 Å². The largest absolute Gasteiger partial charge is 0.748 e. The van der Waals surface area contributed by atoms with Crippen LogP contribution in [0.15, 0.2) is 65.1 Å². The van der Waals surface area contributed by atoms with Crippen LogP contribution in [0.4, 0.5) is 5.69 Å². The van der Waals surface area contributed by atoms with Crippen molar-refractivity contribution in [2.75, 3.05) is 89.7 Å². The van der Waals surface area contributed by atoms with Crippen molar-refractivity contribution in [2.45, 2.75) is 97.9 Å². The lowest BCUT2D eigenvalue weighted by Gasteiger charge is -2.35. The molecule has 6 amide bonds. The number of rotatable bonds is 26. The summed E-state index contributed by atoms with van der Waals surface area (Å²) in [7, 11) is -3.09. The van der Waals surface area contributed by atoms with Crippen LogP contribution in [-0.2, 0) is 43.7 Å². The molecule has 6 rings (SSSR count). The molecule has 0 bridgehead atoms. The highest BCUT2D eigenvalue weighted by molar-refractivity contribution is 7.85. The van der Waals surface area contributed by atoms with Crippen LogP contribution in [0.5, 0.6) is 0 Å². The molecule has 2 fully saturated rings. The number of carbonyl (C=O) groups excluding carboxylic acids is 7. The van der Waals surface area contributed by atoms with Gasteiger partial charge in [-0.3, -0.25) is 28.8 Å². The van der Waals surface area contributed by atoms with Crippen molar-refractivity contribution in [3.8, 4) is 22.5 Å². The number of nitrogens with zero attached hydrogens (tertiary/aromatic N) is 6. The zero-order valence-electron chi connectivity index (χ0n) is 43.9. The average Bonchev–Trinajstić information content (AvgIpc) is 3.71. The van der Waals surface area contributed by atoms with Gasteiger partial charge in [0, 0.05) is 124 Å². The smallest absolute Gasteiger partial charge is 0.333 e. The van der Waals surface area contributed by atoms with E-state index in [4.69, 9.17) is 9.25 Å². The van der Waals surface area contributed by atoms with Crippen LogP contribution < -0.4 is 25.5 Å². The highest BCUT2D eigenvalue weighted by atomic mass is 32.2. The SMILES string of the molecule is CCN(CC)c1ccc2c(-c3ccccc3C(=O)N3CCN(C(=O)CCCCC(=O)NC(CS(=O)(=O)[O-])C(=O)NCCN(C)CCCCCC(=O)ON4C(=O)CCC4=O)CC3)c3ccc(=[N+](CC)CC)cc-3oc2c1. The lowest BCUT2D eigenvalue weighted by Crippen LogP contribution is -2.51. The zero-order valence-corrected chi connectivity index (χ0v) is 44.7. The highest BCUT2D eigenvalue weighted by Gasteiger charge is 2.33. The molecule has 4 aliphatic rings. The minimum absolute atomic E-state index is 0.0193. The van der Waals surface area contributed by atoms with Crippen molar-refractivity contribution >= 4 is 68.2 Å². The molecule has 2 aromatic rings. The third-order valence-electron chi connectivity index (χ3n) is 13.8. The third kappa shape index (κ3) is 15.7. The Morgan fingerprint density at radius 1 is 0.787 bits per heavy atom. The number of likely N-dealkylation sites (N-methyl/N-ethyl adjacent to an activating group) is 1. The Hall–Kier alpha value is -6.71. The fourth-order valence-corrected chi connectivity index (χ4v) is 10.2. The first-order valence-electron chi connectivity index (χ1n) is 26.2. The van der Waals surface area contributed by atoms with Gasteiger partial charge in [0.05, 0.1) is 21.9 Å². The lowest BCUT2D eigenvalue weighted by atomic mass is 9.90. The van der Waals surface area contributed by atoms with Crippen molar-refractivity contribution in [1.82, 2.24) is 35.0 Å². The van der Waals surface area contributed by atoms with E-state index in [9.17, 15) is 46.5 Å². The van der Waals surface area contributed by atoms with E-state index in [1.807, 2.05) is 29.2 Å². The van der Waals surface area contributed by atoms with E-state index in [2.05, 4.69) is 84.2 Å². The van der Waals surface area contributed by atoms with Gasteiger partial charge in [-0.15, -0.1) is 5.06 Å². The number of hydrogen-bond acceptors (Lipinski definition) is 14. The van der Waals surface area contributed by atoms with Crippen LogP contribution in [0.2, 0.25) is 0 Å². The average molecular weight is 1060 g/mol. The van der Waals surface area contributed by atoms with E-state index in [1.54, 1.807) is 16.8 Å². The molecule has 2 saturated heterocycles. The summed E-state index contributed by atoms with van der Waals surface area (Å²) >= 11 is 0. The summed E-state index contributed by atoms with van der Waals surface area (Å²) in [4.78, 5) is 101. The maximum absolute atomic E-state index is 14.5. The van der Waals surface area contributed by atoms with E-state index < -0.39 is 51.5 Å². The number of carbonyl (C=O) groups is 7. The summed E-state index contributed by atoms with van der Waals surface area (Å²) in [6.45, 7) is 14.2. The zero-order chi connectivity index (χ0) is 54.2. The predicted octanol–water partition coefficient (Wildman–Crippen LogP) is 3.95. The molecule has 3 heterocycles. The Bertz CT molecular complexity index is 2840. The molecule has 2 N–H and O–H groups in total. The first-order chi connectivity index (χ1) is 35.9. The van der Waals surface area contributed by atoms with E-state index in [1.165, 1.54) is 0 Å². The number of anilines is 1. The number of hydrogen-bond donors (Lipinski definition) is 2. The normalized spacial score (nSPS) is 14.4. The summed E-state index contributed by atoms with van der Waals surface area (Å²) in [5, 5.41) is 7.40. The Kier molecular flexibility index (Phi) is 20.9. The van der Waals surface area contributed by atoms with Crippen LogP contribution >= 0.6 is 0 Å². The molecule has 406 valence electrons. The number of unbranched alkanes of at least 4 members (excludes halogenated alkanes) is 3. The molecule has 75 heavy (non-hydrogen) atoms. The second-order valence-corrected chi connectivity index (χ2v) is 20.4. The monoisotopic (exact) mass is 1060 g/mol. The summed E-state index contributed by atoms with van der Waals surface area (Å²) in [6.07, 6.45) is 2.51. The van der Waals surface area contributed by atoms with Gasteiger partial charge in [0.1, 0.15) is 30.5 Å². The van der Waals surface area contributed by atoms with E-state index in [-0.39, 0.29) is 56.9 Å². The maximum Gasteiger partial charge on any atom is 0.333 e. The quantitative estimate of drug-likeness (QED) is 0.0298. The van der Waals surface area contributed by atoms with Gasteiger partial charge in [-0.1, -0.05) is 24.6 Å². The topological polar surface area (TPSA) is 242 Å². The fourth-order valence-electron chi connectivity index (χ4n) is 9.56. The summed E-state index contributed by atoms with van der Waals surface area (Å²) < 4.78 is 44.0. The van der Waals surface area contributed by atoms with E-state index in [0.29, 0.717) is 86.9 Å². The molecule has 2 aromatic carbocycles. The standard InChI is InChI=1S/C54H72N8O12S/c1-6-58(7-2)38-22-24-42-45(35-38)73-46-36-39(59(8-3)9-4)23-25-43(46)52(42)40-17-12-13-18-41(40)54(69)61-33-31-60(32-34-61)48(64)20-15-14-19-47(63)56-44(37-75(70,71)72)53(68)55-28-30-57(5)29-16-10-11-21-51(67)74-62-49(65)26-27-50(62)66/h12-13,17-18,22-25,35-36,44H,6-11,14-16,19-21,26-34,37H2,1-5H3,(H2-,55,56,63,68,70,71,72). The minimum Gasteiger partial charge on any atom is -0.748 e. The summed E-state index contributed by atoms with van der Waals surface area (Å²) in [5.41, 5.74) is 4.89. The fraction of sp³-hybridized carbons (Fsp3) is 0.519. The molecule has 0 spiro atoms. The van der Waals surface area contributed by atoms with Crippen molar-refractivity contribution in [1.29, 1.82) is 0 Å². The molecular weight excluding hydrogens is 985 g/mol. The number of benzene rings is 3. The third-order valence-corrected chi connectivity index (χ3v) is 14.5. The van der Waals surface area contributed by atoms with Gasteiger partial charge in [0.15, 0.2) is 0 Å². The Morgan fingerprint density at radius 3 is 2.13 bits per heavy atom. The number of imide groups is 1.